The summed E-state index contributed by atoms with van der Waals surface area (Å²) in [5.74, 6) is 0.290. The number of anilines is 2. The molecule has 1 aliphatic rings. The van der Waals surface area contributed by atoms with E-state index < -0.39 is 0 Å². The molecule has 0 bridgehead atoms. The van der Waals surface area contributed by atoms with Gasteiger partial charge in [-0.05, 0) is 55.7 Å². The summed E-state index contributed by atoms with van der Waals surface area (Å²) in [6.07, 6.45) is 3.42. The van der Waals surface area contributed by atoms with Gasteiger partial charge in [0.1, 0.15) is 5.75 Å². The Morgan fingerprint density at radius 1 is 1.05 bits per heavy atom. The molecule has 0 amide bonds. The molecule has 3 N–H and O–H groups in total. The fourth-order valence-electron chi connectivity index (χ4n) is 3.29. The average Bonchev–Trinajstić information content (AvgIpc) is 2.98. The Hall–Kier alpha value is -2.55. The summed E-state index contributed by atoms with van der Waals surface area (Å²) in [6, 6.07) is 13.8. The molecule has 110 valence electrons. The summed E-state index contributed by atoms with van der Waals surface area (Å²) in [6.45, 7) is 2.12. The molecular formula is C19H19N2O+. The highest BCUT2D eigenvalue weighted by Crippen LogP contribution is 2.34. The molecule has 3 heteroatoms. The fraction of sp³-hybridized carbons (Fsp3) is 0.211. The van der Waals surface area contributed by atoms with Crippen molar-refractivity contribution in [3.05, 3.63) is 59.3 Å². The SMILES string of the molecule is Cc1ccc2[nH+]c3c(c(Nc4ccc(O)cc4)c2c1)CCC3. The molecule has 0 radical (unpaired) electrons. The van der Waals surface area contributed by atoms with Crippen LogP contribution in [0.3, 0.4) is 0 Å². The van der Waals surface area contributed by atoms with E-state index >= 15 is 0 Å². The number of aryl methyl sites for hydroxylation is 2. The third-order valence-corrected chi connectivity index (χ3v) is 4.39. The Balaban J connectivity index is 1.90. The van der Waals surface area contributed by atoms with E-state index in [2.05, 4.69) is 35.4 Å². The van der Waals surface area contributed by atoms with Crippen LogP contribution in [0.15, 0.2) is 42.5 Å². The van der Waals surface area contributed by atoms with Crippen LogP contribution in [0.2, 0.25) is 0 Å². The zero-order valence-corrected chi connectivity index (χ0v) is 12.6. The maximum atomic E-state index is 9.45. The summed E-state index contributed by atoms with van der Waals surface area (Å²) < 4.78 is 0. The molecule has 0 fully saturated rings. The van der Waals surface area contributed by atoms with Crippen LogP contribution in [0, 0.1) is 6.92 Å². The number of pyridine rings is 1. The molecule has 1 heterocycles. The van der Waals surface area contributed by atoms with Crippen molar-refractivity contribution in [1.82, 2.24) is 0 Å². The summed E-state index contributed by atoms with van der Waals surface area (Å²) >= 11 is 0. The first-order valence-electron chi connectivity index (χ1n) is 7.74. The molecule has 3 nitrogen and oxygen atoms in total. The summed E-state index contributed by atoms with van der Waals surface area (Å²) in [7, 11) is 0. The minimum atomic E-state index is 0.290. The second-order valence-corrected chi connectivity index (χ2v) is 6.03. The highest BCUT2D eigenvalue weighted by molar-refractivity contribution is 5.93. The van der Waals surface area contributed by atoms with Crippen molar-refractivity contribution in [3.63, 3.8) is 0 Å². The van der Waals surface area contributed by atoms with Gasteiger partial charge >= 0.3 is 0 Å². The van der Waals surface area contributed by atoms with Crippen LogP contribution < -0.4 is 10.3 Å². The van der Waals surface area contributed by atoms with Crippen molar-refractivity contribution in [2.45, 2.75) is 26.2 Å². The van der Waals surface area contributed by atoms with E-state index in [0.717, 1.165) is 18.5 Å². The standard InChI is InChI=1S/C19H18N2O/c1-12-5-10-18-16(11-12)19(15-3-2-4-17(15)21-18)20-13-6-8-14(22)9-7-13/h5-11,22H,2-4H2,1H3,(H,20,21)/p+1. The molecule has 4 rings (SSSR count). The van der Waals surface area contributed by atoms with E-state index in [9.17, 15) is 5.11 Å². The van der Waals surface area contributed by atoms with Gasteiger partial charge in [0.05, 0.1) is 11.1 Å². The Morgan fingerprint density at radius 2 is 1.86 bits per heavy atom. The van der Waals surface area contributed by atoms with Crippen LogP contribution in [0.1, 0.15) is 23.2 Å². The van der Waals surface area contributed by atoms with Crippen LogP contribution in [0.25, 0.3) is 10.9 Å². The lowest BCUT2D eigenvalue weighted by atomic mass is 10.0. The van der Waals surface area contributed by atoms with Gasteiger partial charge in [-0.2, -0.15) is 0 Å². The molecule has 0 unspecified atom stereocenters. The zero-order valence-electron chi connectivity index (χ0n) is 12.6. The molecule has 1 aliphatic carbocycles. The molecule has 1 aromatic heterocycles. The maximum Gasteiger partial charge on any atom is 0.213 e. The summed E-state index contributed by atoms with van der Waals surface area (Å²) in [5, 5.41) is 14.3. The third-order valence-electron chi connectivity index (χ3n) is 4.39. The van der Waals surface area contributed by atoms with E-state index in [1.807, 2.05) is 12.1 Å². The van der Waals surface area contributed by atoms with Crippen LogP contribution >= 0.6 is 0 Å². The lowest BCUT2D eigenvalue weighted by Crippen LogP contribution is -2.14. The highest BCUT2D eigenvalue weighted by Gasteiger charge is 2.24. The van der Waals surface area contributed by atoms with Gasteiger partial charge in [0.15, 0.2) is 5.69 Å². The Labute approximate surface area is 129 Å². The highest BCUT2D eigenvalue weighted by atomic mass is 16.3. The fourth-order valence-corrected chi connectivity index (χ4v) is 3.29. The second-order valence-electron chi connectivity index (χ2n) is 6.03. The quantitative estimate of drug-likeness (QED) is 0.703. The summed E-state index contributed by atoms with van der Waals surface area (Å²) in [5.41, 5.74) is 7.38. The number of hydrogen-bond donors (Lipinski definition) is 2. The smallest absolute Gasteiger partial charge is 0.213 e. The van der Waals surface area contributed by atoms with Gasteiger partial charge in [0, 0.05) is 23.7 Å². The Kier molecular flexibility index (Phi) is 3.00. The molecule has 0 spiro atoms. The number of nitrogens with one attached hydrogen (secondary N) is 2. The number of rotatable bonds is 2. The van der Waals surface area contributed by atoms with Crippen LogP contribution in [0.5, 0.6) is 5.75 Å². The van der Waals surface area contributed by atoms with E-state index in [1.165, 1.54) is 39.8 Å². The number of H-pyrrole nitrogens is 1. The molecular weight excluding hydrogens is 272 g/mol. The van der Waals surface area contributed by atoms with Crippen molar-refractivity contribution in [1.29, 1.82) is 0 Å². The van der Waals surface area contributed by atoms with Crippen molar-refractivity contribution >= 4 is 22.3 Å². The van der Waals surface area contributed by atoms with E-state index in [1.54, 1.807) is 12.1 Å². The number of hydrogen-bond acceptors (Lipinski definition) is 2. The number of phenols is 1. The summed E-state index contributed by atoms with van der Waals surface area (Å²) in [4.78, 5) is 3.59. The minimum absolute atomic E-state index is 0.290. The number of aromatic amines is 1. The van der Waals surface area contributed by atoms with Gasteiger partial charge < -0.3 is 10.4 Å². The lowest BCUT2D eigenvalue weighted by molar-refractivity contribution is -0.356. The van der Waals surface area contributed by atoms with Gasteiger partial charge in [-0.3, -0.25) is 0 Å². The second kappa shape index (κ2) is 5.02. The number of aromatic nitrogens is 1. The topological polar surface area (TPSA) is 46.4 Å². The number of benzene rings is 2. The molecule has 22 heavy (non-hydrogen) atoms. The third kappa shape index (κ3) is 2.19. The Bertz CT molecular complexity index is 853. The zero-order chi connectivity index (χ0) is 15.1. The Morgan fingerprint density at radius 3 is 2.68 bits per heavy atom. The van der Waals surface area contributed by atoms with Crippen molar-refractivity contribution < 1.29 is 10.1 Å². The van der Waals surface area contributed by atoms with E-state index in [4.69, 9.17) is 0 Å². The minimum Gasteiger partial charge on any atom is -0.508 e. The first kappa shape index (κ1) is 13.1. The molecule has 3 aromatic rings. The first-order valence-corrected chi connectivity index (χ1v) is 7.74. The predicted octanol–water partition coefficient (Wildman–Crippen LogP) is 3.90. The lowest BCUT2D eigenvalue weighted by Gasteiger charge is -2.12. The van der Waals surface area contributed by atoms with Crippen molar-refractivity contribution in [2.24, 2.45) is 0 Å². The monoisotopic (exact) mass is 291 g/mol. The number of aromatic hydroxyl groups is 1. The molecule has 0 saturated heterocycles. The largest absolute Gasteiger partial charge is 0.508 e. The van der Waals surface area contributed by atoms with Gasteiger partial charge in [0.2, 0.25) is 5.52 Å². The molecule has 0 aliphatic heterocycles. The maximum absolute atomic E-state index is 9.45. The van der Waals surface area contributed by atoms with Gasteiger partial charge in [-0.15, -0.1) is 0 Å². The molecule has 0 saturated carbocycles. The normalized spacial score (nSPS) is 13.3. The van der Waals surface area contributed by atoms with Crippen LogP contribution in [0.4, 0.5) is 11.4 Å². The first-order chi connectivity index (χ1) is 10.7. The number of phenolic OH excluding ortho intramolecular Hbond substituents is 1. The van der Waals surface area contributed by atoms with Crippen molar-refractivity contribution in [2.75, 3.05) is 5.32 Å². The molecule has 2 aromatic carbocycles. The predicted molar refractivity (Wildman–Crippen MR) is 88.7 cm³/mol. The van der Waals surface area contributed by atoms with Crippen LogP contribution in [-0.2, 0) is 12.8 Å². The van der Waals surface area contributed by atoms with E-state index in [0.29, 0.717) is 0 Å². The van der Waals surface area contributed by atoms with Gasteiger partial charge in [0.25, 0.3) is 0 Å². The van der Waals surface area contributed by atoms with Gasteiger partial charge in [-0.1, -0.05) is 6.07 Å². The number of fused-ring (bicyclic) bond motifs is 2. The van der Waals surface area contributed by atoms with Gasteiger partial charge in [-0.25, -0.2) is 4.98 Å². The van der Waals surface area contributed by atoms with Crippen molar-refractivity contribution in [3.8, 4) is 5.75 Å². The van der Waals surface area contributed by atoms with Crippen LogP contribution in [-0.4, -0.2) is 5.11 Å². The van der Waals surface area contributed by atoms with E-state index in [-0.39, 0.29) is 5.75 Å². The molecule has 0 atom stereocenters. The average molecular weight is 291 g/mol.